The van der Waals surface area contributed by atoms with Crippen molar-refractivity contribution in [3.05, 3.63) is 29.8 Å². The maximum Gasteiger partial charge on any atom is 0.123 e. The minimum atomic E-state index is 0.0560. The summed E-state index contributed by atoms with van der Waals surface area (Å²) in [5.74, 6) is 1.84. The molecule has 3 nitrogen and oxygen atoms in total. The fourth-order valence-corrected chi connectivity index (χ4v) is 3.57. The molecule has 3 atom stereocenters. The summed E-state index contributed by atoms with van der Waals surface area (Å²) in [7, 11) is 1.71. The fraction of sp³-hybridized carbons (Fsp3) is 0.600. The Labute approximate surface area is 109 Å². The Morgan fingerprint density at radius 1 is 1.39 bits per heavy atom. The molecule has 2 fully saturated rings. The number of piperidine rings is 1. The molecule has 0 aromatic heterocycles. The Morgan fingerprint density at radius 3 is 2.89 bits per heavy atom. The van der Waals surface area contributed by atoms with E-state index in [1.165, 1.54) is 25.8 Å². The molecule has 1 aromatic carbocycles. The quantitative estimate of drug-likeness (QED) is 0.885. The van der Waals surface area contributed by atoms with Crippen molar-refractivity contribution in [2.75, 3.05) is 20.2 Å². The van der Waals surface area contributed by atoms with Gasteiger partial charge in [0.15, 0.2) is 0 Å². The lowest BCUT2D eigenvalue weighted by molar-refractivity contribution is 0.201. The van der Waals surface area contributed by atoms with Gasteiger partial charge >= 0.3 is 0 Å². The largest absolute Gasteiger partial charge is 0.496 e. The molecule has 18 heavy (non-hydrogen) atoms. The standard InChI is InChI=1S/C15H22N2O/c1-18-15-5-3-2-4-13(15)14(16)10-17-9-11-6-7-12(17)8-11/h2-5,11-12,14H,6-10,16H2,1H3. The zero-order valence-electron chi connectivity index (χ0n) is 11.0. The molecule has 98 valence electrons. The Kier molecular flexibility index (Phi) is 3.27. The summed E-state index contributed by atoms with van der Waals surface area (Å²) in [4.78, 5) is 2.57. The van der Waals surface area contributed by atoms with Gasteiger partial charge in [-0.15, -0.1) is 0 Å². The van der Waals surface area contributed by atoms with Crippen molar-refractivity contribution in [3.63, 3.8) is 0 Å². The fourth-order valence-electron chi connectivity index (χ4n) is 3.57. The smallest absolute Gasteiger partial charge is 0.123 e. The highest BCUT2D eigenvalue weighted by Crippen LogP contribution is 2.38. The first-order chi connectivity index (χ1) is 8.78. The van der Waals surface area contributed by atoms with E-state index in [2.05, 4.69) is 11.0 Å². The van der Waals surface area contributed by atoms with Crippen molar-refractivity contribution in [1.82, 2.24) is 4.90 Å². The number of ether oxygens (including phenoxy) is 1. The van der Waals surface area contributed by atoms with Gasteiger partial charge in [-0.25, -0.2) is 0 Å². The van der Waals surface area contributed by atoms with Crippen LogP contribution in [0.2, 0.25) is 0 Å². The minimum absolute atomic E-state index is 0.0560. The van der Waals surface area contributed by atoms with Crippen molar-refractivity contribution in [1.29, 1.82) is 0 Å². The van der Waals surface area contributed by atoms with Gasteiger partial charge in [-0.05, 0) is 31.2 Å². The van der Waals surface area contributed by atoms with Crippen molar-refractivity contribution < 1.29 is 4.74 Å². The monoisotopic (exact) mass is 246 g/mol. The van der Waals surface area contributed by atoms with E-state index >= 15 is 0 Å². The molecule has 0 spiro atoms. The molecule has 2 N–H and O–H groups in total. The second-order valence-corrected chi connectivity index (χ2v) is 5.64. The number of rotatable bonds is 4. The number of methoxy groups -OCH3 is 1. The van der Waals surface area contributed by atoms with Crippen LogP contribution in [0.15, 0.2) is 24.3 Å². The van der Waals surface area contributed by atoms with Crippen LogP contribution in [0.1, 0.15) is 30.9 Å². The Hall–Kier alpha value is -1.06. The zero-order valence-corrected chi connectivity index (χ0v) is 11.0. The third-order valence-electron chi connectivity index (χ3n) is 4.49. The van der Waals surface area contributed by atoms with E-state index in [-0.39, 0.29) is 6.04 Å². The Bertz CT molecular complexity index is 421. The van der Waals surface area contributed by atoms with Gasteiger partial charge in [0.2, 0.25) is 0 Å². The average Bonchev–Trinajstić information content (AvgIpc) is 3.01. The minimum Gasteiger partial charge on any atom is -0.496 e. The first-order valence-corrected chi connectivity index (χ1v) is 6.90. The van der Waals surface area contributed by atoms with Crippen LogP contribution >= 0.6 is 0 Å². The number of para-hydroxylation sites is 1. The van der Waals surface area contributed by atoms with Crippen LogP contribution in [-0.4, -0.2) is 31.1 Å². The lowest BCUT2D eigenvalue weighted by Crippen LogP contribution is -2.37. The molecule has 3 unspecified atom stereocenters. The Morgan fingerprint density at radius 2 is 2.22 bits per heavy atom. The SMILES string of the molecule is COc1ccccc1C(N)CN1CC2CCC1C2. The molecule has 0 radical (unpaired) electrons. The molecule has 1 heterocycles. The van der Waals surface area contributed by atoms with Gasteiger partial charge in [0, 0.05) is 30.7 Å². The molecule has 2 bridgehead atoms. The van der Waals surface area contributed by atoms with E-state index in [4.69, 9.17) is 10.5 Å². The van der Waals surface area contributed by atoms with E-state index < -0.39 is 0 Å². The number of fused-ring (bicyclic) bond motifs is 2. The topological polar surface area (TPSA) is 38.5 Å². The van der Waals surface area contributed by atoms with Crippen LogP contribution < -0.4 is 10.5 Å². The zero-order chi connectivity index (χ0) is 12.5. The number of hydrogen-bond donors (Lipinski definition) is 1. The molecular formula is C15H22N2O. The molecule has 3 rings (SSSR count). The van der Waals surface area contributed by atoms with Crippen LogP contribution in [0, 0.1) is 5.92 Å². The van der Waals surface area contributed by atoms with Crippen LogP contribution in [0.4, 0.5) is 0 Å². The van der Waals surface area contributed by atoms with E-state index in [0.29, 0.717) is 0 Å². The van der Waals surface area contributed by atoms with Gasteiger partial charge in [0.1, 0.15) is 5.75 Å². The van der Waals surface area contributed by atoms with Gasteiger partial charge in [0.05, 0.1) is 7.11 Å². The highest BCUT2D eigenvalue weighted by Gasteiger charge is 2.38. The highest BCUT2D eigenvalue weighted by atomic mass is 16.5. The normalized spacial score (nSPS) is 28.6. The predicted molar refractivity (Wildman–Crippen MR) is 72.6 cm³/mol. The van der Waals surface area contributed by atoms with E-state index in [9.17, 15) is 0 Å². The predicted octanol–water partition coefficient (Wildman–Crippen LogP) is 2.18. The van der Waals surface area contributed by atoms with Gasteiger partial charge < -0.3 is 10.5 Å². The van der Waals surface area contributed by atoms with Crippen LogP contribution in [-0.2, 0) is 0 Å². The molecule has 1 aromatic rings. The summed E-state index contributed by atoms with van der Waals surface area (Å²) in [6.07, 6.45) is 4.17. The number of nitrogens with two attached hydrogens (primary N) is 1. The molecule has 3 heteroatoms. The lowest BCUT2D eigenvalue weighted by Gasteiger charge is -2.29. The third-order valence-corrected chi connectivity index (χ3v) is 4.49. The number of likely N-dealkylation sites (tertiary alicyclic amines) is 1. The molecule has 1 aliphatic heterocycles. The average molecular weight is 246 g/mol. The van der Waals surface area contributed by atoms with Crippen molar-refractivity contribution >= 4 is 0 Å². The Balaban J connectivity index is 1.69. The summed E-state index contributed by atoms with van der Waals surface area (Å²) in [6, 6.07) is 8.94. The molecule has 1 aliphatic carbocycles. The summed E-state index contributed by atoms with van der Waals surface area (Å²) >= 11 is 0. The molecular weight excluding hydrogens is 224 g/mol. The maximum atomic E-state index is 6.36. The summed E-state index contributed by atoms with van der Waals surface area (Å²) in [6.45, 7) is 2.20. The second kappa shape index (κ2) is 4.90. The van der Waals surface area contributed by atoms with Crippen molar-refractivity contribution in [3.8, 4) is 5.75 Å². The summed E-state index contributed by atoms with van der Waals surface area (Å²) in [5.41, 5.74) is 7.49. The van der Waals surface area contributed by atoms with E-state index in [0.717, 1.165) is 29.8 Å². The van der Waals surface area contributed by atoms with Gasteiger partial charge in [-0.3, -0.25) is 4.90 Å². The van der Waals surface area contributed by atoms with Crippen LogP contribution in [0.5, 0.6) is 5.75 Å². The molecule has 0 amide bonds. The first-order valence-electron chi connectivity index (χ1n) is 6.90. The first kappa shape index (κ1) is 12.0. The van der Waals surface area contributed by atoms with Crippen LogP contribution in [0.25, 0.3) is 0 Å². The van der Waals surface area contributed by atoms with Crippen molar-refractivity contribution in [2.45, 2.75) is 31.3 Å². The third kappa shape index (κ3) is 2.13. The molecule has 2 aliphatic rings. The van der Waals surface area contributed by atoms with E-state index in [1.807, 2.05) is 18.2 Å². The number of nitrogens with zero attached hydrogens (tertiary/aromatic N) is 1. The summed E-state index contributed by atoms with van der Waals surface area (Å²) in [5, 5.41) is 0. The molecule has 1 saturated carbocycles. The number of benzene rings is 1. The van der Waals surface area contributed by atoms with Gasteiger partial charge in [-0.1, -0.05) is 18.2 Å². The molecule has 1 saturated heterocycles. The van der Waals surface area contributed by atoms with E-state index in [1.54, 1.807) is 7.11 Å². The van der Waals surface area contributed by atoms with Crippen LogP contribution in [0.3, 0.4) is 0 Å². The second-order valence-electron chi connectivity index (χ2n) is 5.64. The summed E-state index contributed by atoms with van der Waals surface area (Å²) < 4.78 is 5.39. The van der Waals surface area contributed by atoms with Gasteiger partial charge in [-0.2, -0.15) is 0 Å². The van der Waals surface area contributed by atoms with Gasteiger partial charge in [0.25, 0.3) is 0 Å². The highest BCUT2D eigenvalue weighted by molar-refractivity contribution is 5.35. The number of hydrogen-bond acceptors (Lipinski definition) is 3. The maximum absolute atomic E-state index is 6.36. The van der Waals surface area contributed by atoms with Crippen molar-refractivity contribution in [2.24, 2.45) is 11.7 Å². The lowest BCUT2D eigenvalue weighted by atomic mass is 10.0.